The van der Waals surface area contributed by atoms with E-state index in [0.29, 0.717) is 17.1 Å². The third-order valence-electron chi connectivity index (χ3n) is 5.20. The van der Waals surface area contributed by atoms with E-state index in [9.17, 15) is 5.11 Å². The topological polar surface area (TPSA) is 78.4 Å². The Morgan fingerprint density at radius 3 is 2.50 bits per heavy atom. The zero-order valence-corrected chi connectivity index (χ0v) is 21.0. The van der Waals surface area contributed by atoms with Crippen molar-refractivity contribution in [3.8, 4) is 11.5 Å². The molecule has 1 fully saturated rings. The summed E-state index contributed by atoms with van der Waals surface area (Å²) >= 11 is 0. The molecule has 7 nitrogen and oxygen atoms in total. The summed E-state index contributed by atoms with van der Waals surface area (Å²) in [5.41, 5.74) is 0.674. The first-order valence-electron chi connectivity index (χ1n) is 10.8. The van der Waals surface area contributed by atoms with Gasteiger partial charge in [-0.3, -0.25) is 4.99 Å². The number of benzene rings is 1. The van der Waals surface area contributed by atoms with Crippen LogP contribution in [0.1, 0.15) is 50.7 Å². The zero-order chi connectivity index (χ0) is 20.9. The highest BCUT2D eigenvalue weighted by Gasteiger charge is 2.15. The molecule has 0 radical (unpaired) electrons. The van der Waals surface area contributed by atoms with Crippen molar-refractivity contribution in [3.63, 3.8) is 0 Å². The Balaban J connectivity index is 0.00000450. The Kier molecular flexibility index (Phi) is 13.9. The van der Waals surface area contributed by atoms with Crippen LogP contribution in [0.2, 0.25) is 0 Å². The van der Waals surface area contributed by atoms with Gasteiger partial charge in [0.25, 0.3) is 0 Å². The van der Waals surface area contributed by atoms with Gasteiger partial charge in [0.2, 0.25) is 0 Å². The third-order valence-corrected chi connectivity index (χ3v) is 5.20. The first kappa shape index (κ1) is 26.8. The Morgan fingerprint density at radius 2 is 1.87 bits per heavy atom. The molecule has 1 aliphatic rings. The molecule has 0 aliphatic carbocycles. The second-order valence-electron chi connectivity index (χ2n) is 7.38. The fraction of sp³-hybridized carbons (Fsp3) is 0.682. The van der Waals surface area contributed by atoms with Crippen molar-refractivity contribution >= 4 is 29.9 Å². The van der Waals surface area contributed by atoms with Gasteiger partial charge in [-0.05, 0) is 64.0 Å². The summed E-state index contributed by atoms with van der Waals surface area (Å²) in [6, 6.07) is 5.40. The van der Waals surface area contributed by atoms with Crippen LogP contribution >= 0.6 is 24.0 Å². The molecule has 1 unspecified atom stereocenters. The van der Waals surface area contributed by atoms with Crippen LogP contribution < -0.4 is 20.1 Å². The minimum Gasteiger partial charge on any atom is -0.497 e. The number of ether oxygens (including phenoxy) is 2. The Bertz CT molecular complexity index is 622. The van der Waals surface area contributed by atoms with Gasteiger partial charge in [-0.1, -0.05) is 12.8 Å². The molecule has 30 heavy (non-hydrogen) atoms. The lowest BCUT2D eigenvalue weighted by Crippen LogP contribution is -2.39. The predicted octanol–water partition coefficient (Wildman–Crippen LogP) is 3.18. The van der Waals surface area contributed by atoms with Gasteiger partial charge in [-0.2, -0.15) is 0 Å². The molecular formula is C22H39IN4O3. The van der Waals surface area contributed by atoms with Crippen LogP contribution in [0.25, 0.3) is 0 Å². The summed E-state index contributed by atoms with van der Waals surface area (Å²) in [7, 11) is 3.20. The standard InChI is InChI=1S/C22H38N4O3.HI/c1-4-23-22(24-12-9-15-26-13-7-5-6-8-14-26)25-17-20(27)19-16-18(28-2)10-11-21(19)29-3;/h10-11,16,20,27H,4-9,12-15,17H2,1-3H3,(H2,23,24,25);1H. The van der Waals surface area contributed by atoms with Gasteiger partial charge in [0.1, 0.15) is 17.6 Å². The van der Waals surface area contributed by atoms with Crippen LogP contribution in [-0.4, -0.2) is 69.5 Å². The number of aliphatic hydroxyl groups is 1. The van der Waals surface area contributed by atoms with E-state index < -0.39 is 6.10 Å². The van der Waals surface area contributed by atoms with E-state index in [1.54, 1.807) is 26.4 Å². The van der Waals surface area contributed by atoms with Crippen LogP contribution in [0.4, 0.5) is 0 Å². The summed E-state index contributed by atoms with van der Waals surface area (Å²) in [4.78, 5) is 7.12. The van der Waals surface area contributed by atoms with Crippen molar-refractivity contribution < 1.29 is 14.6 Å². The highest BCUT2D eigenvalue weighted by molar-refractivity contribution is 14.0. The molecule has 0 saturated carbocycles. The summed E-state index contributed by atoms with van der Waals surface area (Å²) in [5.74, 6) is 2.04. The number of guanidine groups is 1. The number of hydrogen-bond acceptors (Lipinski definition) is 5. The van der Waals surface area contributed by atoms with Crippen LogP contribution in [0, 0.1) is 0 Å². The zero-order valence-electron chi connectivity index (χ0n) is 18.7. The molecule has 3 N–H and O–H groups in total. The molecule has 8 heteroatoms. The van der Waals surface area contributed by atoms with E-state index in [4.69, 9.17) is 9.47 Å². The van der Waals surface area contributed by atoms with Gasteiger partial charge in [0.05, 0.1) is 20.8 Å². The Labute approximate surface area is 198 Å². The number of nitrogens with one attached hydrogen (secondary N) is 2. The summed E-state index contributed by atoms with van der Waals surface area (Å²) in [6.07, 6.45) is 5.69. The molecule has 0 bridgehead atoms. The van der Waals surface area contributed by atoms with Crippen molar-refractivity contribution in [2.75, 3.05) is 53.5 Å². The summed E-state index contributed by atoms with van der Waals surface area (Å²) in [6.45, 7) is 7.49. The number of likely N-dealkylation sites (tertiary alicyclic amines) is 1. The largest absolute Gasteiger partial charge is 0.497 e. The normalized spacial score (nSPS) is 16.2. The quantitative estimate of drug-likeness (QED) is 0.185. The number of rotatable bonds is 10. The van der Waals surface area contributed by atoms with Crippen LogP contribution in [0.15, 0.2) is 23.2 Å². The van der Waals surface area contributed by atoms with E-state index in [1.807, 2.05) is 13.0 Å². The second kappa shape index (κ2) is 15.5. The Hall–Kier alpha value is -1.26. The lowest BCUT2D eigenvalue weighted by molar-refractivity contribution is 0.182. The first-order valence-corrected chi connectivity index (χ1v) is 10.8. The second-order valence-corrected chi connectivity index (χ2v) is 7.38. The maximum atomic E-state index is 10.6. The fourth-order valence-corrected chi connectivity index (χ4v) is 3.59. The van der Waals surface area contributed by atoms with E-state index in [2.05, 4.69) is 20.5 Å². The van der Waals surface area contributed by atoms with Crippen molar-refractivity contribution in [2.24, 2.45) is 4.99 Å². The molecule has 1 aromatic carbocycles. The lowest BCUT2D eigenvalue weighted by atomic mass is 10.1. The molecule has 1 aliphatic heterocycles. The number of aliphatic hydroxyl groups excluding tert-OH is 1. The molecule has 0 amide bonds. The van der Waals surface area contributed by atoms with E-state index in [0.717, 1.165) is 32.0 Å². The smallest absolute Gasteiger partial charge is 0.191 e. The first-order chi connectivity index (χ1) is 14.2. The van der Waals surface area contributed by atoms with Gasteiger partial charge < -0.3 is 30.1 Å². The highest BCUT2D eigenvalue weighted by Crippen LogP contribution is 2.29. The SMILES string of the molecule is CCNC(=NCC(O)c1cc(OC)ccc1OC)NCCCN1CCCCCC1.I. The molecule has 172 valence electrons. The minimum absolute atomic E-state index is 0. The number of aliphatic imine (C=N–C) groups is 1. The highest BCUT2D eigenvalue weighted by atomic mass is 127. The number of halogens is 1. The molecule has 0 aromatic heterocycles. The maximum absolute atomic E-state index is 10.6. The third kappa shape index (κ3) is 9.26. The van der Waals surface area contributed by atoms with E-state index in [1.165, 1.54) is 38.8 Å². The molecule has 1 heterocycles. The van der Waals surface area contributed by atoms with Gasteiger partial charge in [-0.25, -0.2) is 0 Å². The van der Waals surface area contributed by atoms with E-state index >= 15 is 0 Å². The van der Waals surface area contributed by atoms with Gasteiger partial charge >= 0.3 is 0 Å². The van der Waals surface area contributed by atoms with Crippen LogP contribution in [-0.2, 0) is 0 Å². The van der Waals surface area contributed by atoms with Crippen molar-refractivity contribution in [2.45, 2.75) is 45.1 Å². The van der Waals surface area contributed by atoms with Crippen LogP contribution in [0.5, 0.6) is 11.5 Å². The summed E-state index contributed by atoms with van der Waals surface area (Å²) < 4.78 is 10.6. The van der Waals surface area contributed by atoms with Crippen LogP contribution in [0.3, 0.4) is 0 Å². The minimum atomic E-state index is -0.771. The number of hydrogen-bond donors (Lipinski definition) is 3. The van der Waals surface area contributed by atoms with Crippen molar-refractivity contribution in [1.82, 2.24) is 15.5 Å². The fourth-order valence-electron chi connectivity index (χ4n) is 3.59. The lowest BCUT2D eigenvalue weighted by Gasteiger charge is -2.20. The monoisotopic (exact) mass is 534 g/mol. The van der Waals surface area contributed by atoms with Crippen molar-refractivity contribution in [1.29, 1.82) is 0 Å². The molecule has 1 aromatic rings. The number of nitrogens with zero attached hydrogens (tertiary/aromatic N) is 2. The average molecular weight is 534 g/mol. The molecule has 2 rings (SSSR count). The molecule has 0 spiro atoms. The molecule has 1 saturated heterocycles. The summed E-state index contributed by atoms with van der Waals surface area (Å²) in [5, 5.41) is 17.3. The predicted molar refractivity (Wildman–Crippen MR) is 133 cm³/mol. The molecule has 1 atom stereocenters. The Morgan fingerprint density at radius 1 is 1.13 bits per heavy atom. The number of methoxy groups -OCH3 is 2. The maximum Gasteiger partial charge on any atom is 0.191 e. The van der Waals surface area contributed by atoms with Crippen molar-refractivity contribution in [3.05, 3.63) is 23.8 Å². The van der Waals surface area contributed by atoms with Gasteiger partial charge in [-0.15, -0.1) is 24.0 Å². The van der Waals surface area contributed by atoms with Gasteiger partial charge in [0.15, 0.2) is 5.96 Å². The molecular weight excluding hydrogens is 495 g/mol. The van der Waals surface area contributed by atoms with Gasteiger partial charge in [0, 0.05) is 18.7 Å². The average Bonchev–Trinajstić information content (AvgIpc) is 3.03. The van der Waals surface area contributed by atoms with E-state index in [-0.39, 0.29) is 30.5 Å².